The van der Waals surface area contributed by atoms with E-state index in [1.165, 1.54) is 0 Å². The molecule has 12 N–H and O–H groups in total. The van der Waals surface area contributed by atoms with Crippen LogP contribution in [0, 0.1) is 0 Å². The molecular weight excluding hydrogens is 264 g/mol. The van der Waals surface area contributed by atoms with E-state index < -0.39 is 0 Å². The first-order valence-electron chi connectivity index (χ1n) is 8.33. The van der Waals surface area contributed by atoms with Crippen LogP contribution in [0.15, 0.2) is 0 Å². The highest BCUT2D eigenvalue weighted by Gasteiger charge is 2.34. The van der Waals surface area contributed by atoms with Crippen molar-refractivity contribution in [1.29, 1.82) is 0 Å². The largest absolute Gasteiger partial charge is 0.330 e. The maximum absolute atomic E-state index is 6.65. The van der Waals surface area contributed by atoms with Crippen LogP contribution in [0.25, 0.3) is 0 Å². The lowest BCUT2D eigenvalue weighted by molar-refractivity contribution is 0.216. The lowest BCUT2D eigenvalue weighted by Crippen LogP contribution is -2.53. The zero-order chi connectivity index (χ0) is 16.2. The van der Waals surface area contributed by atoms with Crippen molar-refractivity contribution >= 4 is 0 Å². The molecule has 0 saturated heterocycles. The fourth-order valence-corrected chi connectivity index (χ4v) is 3.12. The van der Waals surface area contributed by atoms with Gasteiger partial charge in [-0.1, -0.05) is 0 Å². The van der Waals surface area contributed by atoms with Gasteiger partial charge in [-0.3, -0.25) is 0 Å². The summed E-state index contributed by atoms with van der Waals surface area (Å²) in [6.45, 7) is 2.63. The predicted molar refractivity (Wildman–Crippen MR) is 91.6 cm³/mol. The van der Waals surface area contributed by atoms with Gasteiger partial charge in [0.15, 0.2) is 0 Å². The van der Waals surface area contributed by atoms with Crippen LogP contribution in [-0.4, -0.2) is 37.3 Å². The molecule has 0 heterocycles. The van der Waals surface area contributed by atoms with Crippen LogP contribution in [0.1, 0.15) is 57.8 Å². The Hall–Kier alpha value is -0.240. The van der Waals surface area contributed by atoms with Gasteiger partial charge in [-0.15, -0.1) is 0 Å². The monoisotopic (exact) mass is 302 g/mol. The normalized spacial score (nSPS) is 12.9. The van der Waals surface area contributed by atoms with Crippen molar-refractivity contribution < 1.29 is 0 Å². The second kappa shape index (κ2) is 11.3. The van der Waals surface area contributed by atoms with E-state index in [-0.39, 0.29) is 11.1 Å². The van der Waals surface area contributed by atoms with Gasteiger partial charge in [0.1, 0.15) is 0 Å². The smallest absolute Gasteiger partial charge is 0.0172 e. The zero-order valence-electron chi connectivity index (χ0n) is 13.7. The molecule has 0 unspecified atom stereocenters. The fourth-order valence-electron chi connectivity index (χ4n) is 3.12. The van der Waals surface area contributed by atoms with Crippen molar-refractivity contribution in [3.8, 4) is 0 Å². The fraction of sp³-hybridized carbons (Fsp3) is 1.00. The molecule has 128 valence electrons. The van der Waals surface area contributed by atoms with Crippen molar-refractivity contribution in [2.75, 3.05) is 26.2 Å². The Morgan fingerprint density at radius 1 is 0.476 bits per heavy atom. The van der Waals surface area contributed by atoms with Crippen LogP contribution in [0.4, 0.5) is 0 Å². The van der Waals surface area contributed by atoms with E-state index >= 15 is 0 Å². The summed E-state index contributed by atoms with van der Waals surface area (Å²) in [6, 6.07) is 0. The van der Waals surface area contributed by atoms with E-state index in [4.69, 9.17) is 34.4 Å². The average Bonchev–Trinajstić information content (AvgIpc) is 2.47. The molecule has 0 saturated carbocycles. The molecule has 0 atom stereocenters. The minimum atomic E-state index is -0.281. The van der Waals surface area contributed by atoms with Crippen molar-refractivity contribution in [3.05, 3.63) is 0 Å². The standard InChI is InChI=1S/C15H38N6/c16-9-1-5-14(20,6-2-10-17)13-15(21,7-3-11-18)8-4-12-19/h1-13,16-21H2. The Labute approximate surface area is 130 Å². The van der Waals surface area contributed by atoms with Crippen molar-refractivity contribution in [2.24, 2.45) is 34.4 Å². The van der Waals surface area contributed by atoms with Crippen LogP contribution < -0.4 is 34.4 Å². The van der Waals surface area contributed by atoms with Gasteiger partial charge in [0.25, 0.3) is 0 Å². The first-order valence-corrected chi connectivity index (χ1v) is 8.33. The van der Waals surface area contributed by atoms with Crippen molar-refractivity contribution in [3.63, 3.8) is 0 Å². The summed E-state index contributed by atoms with van der Waals surface area (Å²) in [5, 5.41) is 0. The minimum Gasteiger partial charge on any atom is -0.330 e. The van der Waals surface area contributed by atoms with E-state index in [9.17, 15) is 0 Å². The summed E-state index contributed by atoms with van der Waals surface area (Å²) in [7, 11) is 0. The Kier molecular flexibility index (Phi) is 11.2. The molecule has 0 aliphatic carbocycles. The molecule has 0 aliphatic heterocycles. The third-order valence-electron chi connectivity index (χ3n) is 4.22. The SMILES string of the molecule is NCCCC(N)(CCCN)CC(N)(CCCN)CCCN. The van der Waals surface area contributed by atoms with Crippen LogP contribution in [0.2, 0.25) is 0 Å². The van der Waals surface area contributed by atoms with Crippen LogP contribution in [0.5, 0.6) is 0 Å². The molecule has 0 fully saturated rings. The number of nitrogens with two attached hydrogens (primary N) is 6. The molecule has 0 bridgehead atoms. The second-order valence-corrected chi connectivity index (χ2v) is 6.47. The Bertz CT molecular complexity index is 206. The van der Waals surface area contributed by atoms with Gasteiger partial charge in [-0.25, -0.2) is 0 Å². The molecule has 0 aliphatic rings. The van der Waals surface area contributed by atoms with Crippen LogP contribution >= 0.6 is 0 Å². The van der Waals surface area contributed by atoms with Crippen LogP contribution in [0.3, 0.4) is 0 Å². The van der Waals surface area contributed by atoms with Crippen LogP contribution in [-0.2, 0) is 0 Å². The molecular formula is C15H38N6. The predicted octanol–water partition coefficient (Wildman–Crippen LogP) is -0.273. The lowest BCUT2D eigenvalue weighted by Gasteiger charge is -2.40. The maximum atomic E-state index is 6.65. The first kappa shape index (κ1) is 20.8. The third kappa shape index (κ3) is 9.39. The van der Waals surface area contributed by atoms with Gasteiger partial charge < -0.3 is 34.4 Å². The molecule has 0 amide bonds. The van der Waals surface area contributed by atoms with Gasteiger partial charge >= 0.3 is 0 Å². The molecule has 6 nitrogen and oxygen atoms in total. The number of rotatable bonds is 14. The zero-order valence-corrected chi connectivity index (χ0v) is 13.7. The minimum absolute atomic E-state index is 0.281. The molecule has 0 radical (unpaired) electrons. The van der Waals surface area contributed by atoms with Crippen molar-refractivity contribution in [2.45, 2.75) is 68.9 Å². The summed E-state index contributed by atoms with van der Waals surface area (Å²) in [5.41, 5.74) is 35.3. The first-order chi connectivity index (χ1) is 9.95. The highest BCUT2D eigenvalue weighted by Crippen LogP contribution is 2.31. The van der Waals surface area contributed by atoms with E-state index in [0.29, 0.717) is 26.2 Å². The topological polar surface area (TPSA) is 156 Å². The molecule has 0 aromatic rings. The summed E-state index contributed by atoms with van der Waals surface area (Å²) < 4.78 is 0. The molecule has 0 spiro atoms. The average molecular weight is 303 g/mol. The second-order valence-electron chi connectivity index (χ2n) is 6.47. The Morgan fingerprint density at radius 2 is 0.714 bits per heavy atom. The summed E-state index contributed by atoms with van der Waals surface area (Å²) >= 11 is 0. The summed E-state index contributed by atoms with van der Waals surface area (Å²) in [5.74, 6) is 0. The van der Waals surface area contributed by atoms with E-state index in [2.05, 4.69) is 0 Å². The highest BCUT2D eigenvalue weighted by atomic mass is 14.8. The van der Waals surface area contributed by atoms with E-state index in [1.54, 1.807) is 0 Å². The summed E-state index contributed by atoms with van der Waals surface area (Å²) in [6.07, 6.45) is 8.06. The lowest BCUT2D eigenvalue weighted by atomic mass is 9.74. The molecule has 0 aromatic heterocycles. The Balaban J connectivity index is 4.80. The van der Waals surface area contributed by atoms with Gasteiger partial charge in [0, 0.05) is 11.1 Å². The third-order valence-corrected chi connectivity index (χ3v) is 4.22. The molecule has 0 rings (SSSR count). The van der Waals surface area contributed by atoms with Crippen molar-refractivity contribution in [1.82, 2.24) is 0 Å². The number of hydrogen-bond donors (Lipinski definition) is 6. The Morgan fingerprint density at radius 3 is 0.905 bits per heavy atom. The van der Waals surface area contributed by atoms with E-state index in [1.807, 2.05) is 0 Å². The van der Waals surface area contributed by atoms with Gasteiger partial charge in [-0.2, -0.15) is 0 Å². The highest BCUT2D eigenvalue weighted by molar-refractivity contribution is 4.96. The van der Waals surface area contributed by atoms with Gasteiger partial charge in [0.2, 0.25) is 0 Å². The van der Waals surface area contributed by atoms with Gasteiger partial charge in [0.05, 0.1) is 0 Å². The summed E-state index contributed by atoms with van der Waals surface area (Å²) in [4.78, 5) is 0. The van der Waals surface area contributed by atoms with Gasteiger partial charge in [-0.05, 0) is 84.0 Å². The van der Waals surface area contributed by atoms with E-state index in [0.717, 1.165) is 57.8 Å². The quantitative estimate of drug-likeness (QED) is 0.259. The molecule has 6 heteroatoms. The molecule has 21 heavy (non-hydrogen) atoms. The number of hydrogen-bond acceptors (Lipinski definition) is 6. The molecule has 0 aromatic carbocycles. The maximum Gasteiger partial charge on any atom is 0.0172 e.